The topological polar surface area (TPSA) is 54.3 Å². The van der Waals surface area contributed by atoms with Crippen LogP contribution in [-0.4, -0.2) is 29.5 Å². The molecule has 5 heteroatoms. The monoisotopic (exact) mass is 361 g/mol. The Kier molecular flexibility index (Phi) is 4.92. The zero-order valence-corrected chi connectivity index (χ0v) is 15.2. The number of hydrogen-bond acceptors (Lipinski definition) is 2. The van der Waals surface area contributed by atoms with E-state index in [0.717, 1.165) is 18.7 Å². The normalized spacial score (nSPS) is 16.8. The number of carbonyl (C=O) groups excluding carboxylic acids is 2. The van der Waals surface area contributed by atoms with E-state index in [9.17, 15) is 9.59 Å². The molecule has 0 aliphatic carbocycles. The fraction of sp³-hybridized carbons (Fsp3) is 0.273. The molecule has 0 saturated carbocycles. The van der Waals surface area contributed by atoms with Gasteiger partial charge in [0.2, 0.25) is 11.8 Å². The van der Waals surface area contributed by atoms with E-state index in [4.69, 9.17) is 0 Å². The first-order valence-electron chi connectivity index (χ1n) is 9.39. The first-order valence-corrected chi connectivity index (χ1v) is 9.39. The fourth-order valence-corrected chi connectivity index (χ4v) is 3.68. The van der Waals surface area contributed by atoms with Crippen molar-refractivity contribution < 1.29 is 9.59 Å². The van der Waals surface area contributed by atoms with Gasteiger partial charge in [-0.15, -0.1) is 0 Å². The number of para-hydroxylation sites is 2. The summed E-state index contributed by atoms with van der Waals surface area (Å²) in [7, 11) is 0. The van der Waals surface area contributed by atoms with Crippen LogP contribution in [0.25, 0.3) is 10.9 Å². The highest BCUT2D eigenvalue weighted by Crippen LogP contribution is 2.24. The highest BCUT2D eigenvalue weighted by Gasteiger charge is 2.34. The Morgan fingerprint density at radius 2 is 1.81 bits per heavy atom. The third kappa shape index (κ3) is 3.72. The second-order valence-corrected chi connectivity index (χ2v) is 6.95. The molecule has 2 heterocycles. The Morgan fingerprint density at radius 3 is 2.67 bits per heavy atom. The number of amides is 2. The molecule has 1 N–H and O–H groups in total. The third-order valence-corrected chi connectivity index (χ3v) is 5.12. The van der Waals surface area contributed by atoms with Gasteiger partial charge in [-0.25, -0.2) is 0 Å². The molecule has 27 heavy (non-hydrogen) atoms. The van der Waals surface area contributed by atoms with Crippen LogP contribution < -0.4 is 10.2 Å². The minimum atomic E-state index is -0.273. The molecule has 1 aliphatic heterocycles. The molecule has 138 valence electrons. The summed E-state index contributed by atoms with van der Waals surface area (Å²) in [6, 6.07) is 19.9. The molecule has 3 aromatic rings. The van der Waals surface area contributed by atoms with Gasteiger partial charge in [0.25, 0.3) is 0 Å². The van der Waals surface area contributed by atoms with E-state index in [-0.39, 0.29) is 24.2 Å². The average molecular weight is 361 g/mol. The van der Waals surface area contributed by atoms with Gasteiger partial charge in [-0.1, -0.05) is 36.4 Å². The molecule has 0 spiro atoms. The number of fused-ring (bicyclic) bond motifs is 1. The Labute approximate surface area is 158 Å². The minimum absolute atomic E-state index is 0.0140. The molecule has 2 aromatic carbocycles. The first kappa shape index (κ1) is 17.3. The van der Waals surface area contributed by atoms with Gasteiger partial charge in [0, 0.05) is 43.5 Å². The quantitative estimate of drug-likeness (QED) is 0.686. The highest BCUT2D eigenvalue weighted by atomic mass is 16.2. The molecule has 0 bridgehead atoms. The van der Waals surface area contributed by atoms with Gasteiger partial charge in [0.15, 0.2) is 0 Å². The van der Waals surface area contributed by atoms with Crippen LogP contribution in [0.5, 0.6) is 0 Å². The van der Waals surface area contributed by atoms with Crippen molar-refractivity contribution in [3.63, 3.8) is 0 Å². The number of hydrogen-bond donors (Lipinski definition) is 1. The molecular formula is C22H23N3O2. The van der Waals surface area contributed by atoms with Crippen molar-refractivity contribution >= 4 is 28.4 Å². The standard InChI is InChI=1S/C22H23N3O2/c26-21-15-18(16-25(21)19-8-2-1-3-9-19)22(27)23-12-6-13-24-14-11-17-7-4-5-10-20(17)24/h1-5,7-11,14,18H,6,12-13,15-16H2,(H,23,27). The van der Waals surface area contributed by atoms with Crippen LogP contribution in [0.2, 0.25) is 0 Å². The number of aryl methyl sites for hydroxylation is 1. The van der Waals surface area contributed by atoms with Gasteiger partial charge < -0.3 is 14.8 Å². The molecule has 2 amide bonds. The largest absolute Gasteiger partial charge is 0.356 e. The number of anilines is 1. The van der Waals surface area contributed by atoms with Crippen LogP contribution in [0.3, 0.4) is 0 Å². The summed E-state index contributed by atoms with van der Waals surface area (Å²) < 4.78 is 2.21. The van der Waals surface area contributed by atoms with E-state index < -0.39 is 0 Å². The summed E-state index contributed by atoms with van der Waals surface area (Å²) in [5.41, 5.74) is 2.07. The number of benzene rings is 2. The smallest absolute Gasteiger partial charge is 0.227 e. The minimum Gasteiger partial charge on any atom is -0.356 e. The van der Waals surface area contributed by atoms with E-state index in [1.54, 1.807) is 4.90 Å². The Hall–Kier alpha value is -3.08. The lowest BCUT2D eigenvalue weighted by Crippen LogP contribution is -2.33. The van der Waals surface area contributed by atoms with Crippen molar-refractivity contribution in [2.75, 3.05) is 18.0 Å². The summed E-state index contributed by atoms with van der Waals surface area (Å²) >= 11 is 0. The summed E-state index contributed by atoms with van der Waals surface area (Å²) in [5.74, 6) is -0.288. The Bertz CT molecular complexity index is 948. The number of carbonyl (C=O) groups is 2. The molecule has 0 radical (unpaired) electrons. The number of nitrogens with zero attached hydrogens (tertiary/aromatic N) is 2. The third-order valence-electron chi connectivity index (χ3n) is 5.12. The van der Waals surface area contributed by atoms with Crippen molar-refractivity contribution in [3.05, 3.63) is 66.9 Å². The summed E-state index contributed by atoms with van der Waals surface area (Å²) in [5, 5.41) is 4.23. The molecule has 1 atom stereocenters. The van der Waals surface area contributed by atoms with Crippen LogP contribution >= 0.6 is 0 Å². The molecular weight excluding hydrogens is 338 g/mol. The van der Waals surface area contributed by atoms with Gasteiger partial charge in [-0.05, 0) is 36.1 Å². The van der Waals surface area contributed by atoms with Gasteiger partial charge in [0.1, 0.15) is 0 Å². The van der Waals surface area contributed by atoms with E-state index in [1.807, 2.05) is 42.5 Å². The second kappa shape index (κ2) is 7.66. The van der Waals surface area contributed by atoms with Crippen LogP contribution in [-0.2, 0) is 16.1 Å². The Balaban J connectivity index is 1.27. The fourth-order valence-electron chi connectivity index (χ4n) is 3.68. The van der Waals surface area contributed by atoms with Crippen molar-refractivity contribution in [3.8, 4) is 0 Å². The SMILES string of the molecule is O=C(NCCCn1ccc2ccccc21)C1CC(=O)N(c2ccccc2)C1. The van der Waals surface area contributed by atoms with Crippen LogP contribution in [0.4, 0.5) is 5.69 Å². The predicted octanol–water partition coefficient (Wildman–Crippen LogP) is 3.20. The Morgan fingerprint density at radius 1 is 1.04 bits per heavy atom. The van der Waals surface area contributed by atoms with E-state index >= 15 is 0 Å². The molecule has 1 aliphatic rings. The van der Waals surface area contributed by atoms with E-state index in [0.29, 0.717) is 13.1 Å². The molecule has 1 fully saturated rings. The average Bonchev–Trinajstić information content (AvgIpc) is 3.29. The molecule has 1 unspecified atom stereocenters. The van der Waals surface area contributed by atoms with Gasteiger partial charge in [0.05, 0.1) is 5.92 Å². The molecule has 1 saturated heterocycles. The van der Waals surface area contributed by atoms with Crippen molar-refractivity contribution in [2.45, 2.75) is 19.4 Å². The summed E-state index contributed by atoms with van der Waals surface area (Å²) in [4.78, 5) is 26.4. The lowest BCUT2D eigenvalue weighted by atomic mass is 10.1. The van der Waals surface area contributed by atoms with Crippen LogP contribution in [0, 0.1) is 5.92 Å². The summed E-state index contributed by atoms with van der Waals surface area (Å²) in [6.07, 6.45) is 3.22. The number of aromatic nitrogens is 1. The lowest BCUT2D eigenvalue weighted by molar-refractivity contribution is -0.126. The zero-order chi connectivity index (χ0) is 18.6. The van der Waals surface area contributed by atoms with Crippen molar-refractivity contribution in [1.29, 1.82) is 0 Å². The maximum absolute atomic E-state index is 12.4. The lowest BCUT2D eigenvalue weighted by Gasteiger charge is -2.16. The second-order valence-electron chi connectivity index (χ2n) is 6.95. The van der Waals surface area contributed by atoms with E-state index in [2.05, 4.69) is 34.3 Å². The van der Waals surface area contributed by atoms with E-state index in [1.165, 1.54) is 10.9 Å². The number of nitrogens with one attached hydrogen (secondary N) is 1. The maximum atomic E-state index is 12.4. The molecule has 4 rings (SSSR count). The zero-order valence-electron chi connectivity index (χ0n) is 15.2. The van der Waals surface area contributed by atoms with Crippen LogP contribution in [0.1, 0.15) is 12.8 Å². The van der Waals surface area contributed by atoms with Gasteiger partial charge in [-0.2, -0.15) is 0 Å². The van der Waals surface area contributed by atoms with Crippen LogP contribution in [0.15, 0.2) is 66.9 Å². The van der Waals surface area contributed by atoms with Crippen molar-refractivity contribution in [1.82, 2.24) is 9.88 Å². The van der Waals surface area contributed by atoms with Gasteiger partial charge >= 0.3 is 0 Å². The van der Waals surface area contributed by atoms with Crippen molar-refractivity contribution in [2.24, 2.45) is 5.92 Å². The molecule has 5 nitrogen and oxygen atoms in total. The number of rotatable bonds is 6. The molecule has 1 aromatic heterocycles. The first-order chi connectivity index (χ1) is 13.2. The predicted molar refractivity (Wildman–Crippen MR) is 106 cm³/mol. The summed E-state index contributed by atoms with van der Waals surface area (Å²) in [6.45, 7) is 1.92. The maximum Gasteiger partial charge on any atom is 0.227 e. The highest BCUT2D eigenvalue weighted by molar-refractivity contribution is 6.00. The van der Waals surface area contributed by atoms with Gasteiger partial charge in [-0.3, -0.25) is 9.59 Å².